The Balaban J connectivity index is 2.46. The number of thiophene rings is 1. The highest BCUT2D eigenvalue weighted by atomic mass is 32.2. The normalized spacial score (nSPS) is 14.7. The smallest absolute Gasteiger partial charge is 0.261 e. The van der Waals surface area contributed by atoms with Gasteiger partial charge in [0.05, 0.1) is 5.56 Å². The summed E-state index contributed by atoms with van der Waals surface area (Å²) in [7, 11) is -3.79. The van der Waals surface area contributed by atoms with Crippen molar-refractivity contribution in [2.45, 2.75) is 19.3 Å². The van der Waals surface area contributed by atoms with E-state index < -0.39 is 10.2 Å². The highest BCUT2D eigenvalue weighted by Gasteiger charge is 2.23. The number of nitriles is 1. The molecule has 1 heterocycles. The Morgan fingerprint density at radius 2 is 2.20 bits per heavy atom. The maximum atomic E-state index is 10.9. The molecule has 15 heavy (non-hydrogen) atoms. The van der Waals surface area contributed by atoms with Gasteiger partial charge in [-0.3, -0.25) is 4.72 Å². The van der Waals surface area contributed by atoms with Crippen molar-refractivity contribution in [3.63, 3.8) is 0 Å². The number of nitrogens with zero attached hydrogens (tertiary/aromatic N) is 1. The van der Waals surface area contributed by atoms with Crippen molar-refractivity contribution in [2.75, 3.05) is 4.72 Å². The number of anilines is 1. The summed E-state index contributed by atoms with van der Waals surface area (Å²) in [6.45, 7) is 0. The molecular formula is C8H9N3O2S2. The molecule has 1 aromatic heterocycles. The number of hydrogen-bond donors (Lipinski definition) is 2. The van der Waals surface area contributed by atoms with Crippen LogP contribution in [0.15, 0.2) is 0 Å². The molecule has 80 valence electrons. The van der Waals surface area contributed by atoms with Crippen LogP contribution in [0.5, 0.6) is 0 Å². The maximum Gasteiger partial charge on any atom is 0.297 e. The maximum absolute atomic E-state index is 10.9. The summed E-state index contributed by atoms with van der Waals surface area (Å²) >= 11 is 1.31. The fourth-order valence-corrected chi connectivity index (χ4v) is 3.69. The molecule has 1 aromatic rings. The zero-order chi connectivity index (χ0) is 11.1. The van der Waals surface area contributed by atoms with E-state index in [2.05, 4.69) is 4.72 Å². The summed E-state index contributed by atoms with van der Waals surface area (Å²) in [5.41, 5.74) is 1.41. The number of aryl methyl sites for hydroxylation is 1. The van der Waals surface area contributed by atoms with Gasteiger partial charge in [0, 0.05) is 4.88 Å². The van der Waals surface area contributed by atoms with E-state index in [0.29, 0.717) is 10.6 Å². The Hall–Kier alpha value is -1.10. The topological polar surface area (TPSA) is 96.0 Å². The lowest BCUT2D eigenvalue weighted by Crippen LogP contribution is -2.21. The molecule has 2 rings (SSSR count). The highest BCUT2D eigenvalue weighted by Crippen LogP contribution is 2.38. The van der Waals surface area contributed by atoms with Gasteiger partial charge in [-0.25, -0.2) is 5.14 Å². The molecule has 0 atom stereocenters. The molecule has 0 aromatic carbocycles. The molecule has 0 saturated carbocycles. The average molecular weight is 243 g/mol. The number of nitrogens with one attached hydrogen (secondary N) is 1. The van der Waals surface area contributed by atoms with Crippen molar-refractivity contribution in [3.05, 3.63) is 16.0 Å². The van der Waals surface area contributed by atoms with Crippen LogP contribution in [0.25, 0.3) is 0 Å². The van der Waals surface area contributed by atoms with E-state index in [1.165, 1.54) is 11.3 Å². The molecule has 7 heteroatoms. The van der Waals surface area contributed by atoms with Gasteiger partial charge in [0.1, 0.15) is 11.1 Å². The minimum Gasteiger partial charge on any atom is -0.261 e. The molecule has 1 aliphatic carbocycles. The first-order valence-electron chi connectivity index (χ1n) is 4.36. The molecule has 3 N–H and O–H groups in total. The molecule has 0 unspecified atom stereocenters. The van der Waals surface area contributed by atoms with Crippen LogP contribution in [-0.2, 0) is 23.1 Å². The van der Waals surface area contributed by atoms with Gasteiger partial charge in [-0.15, -0.1) is 11.3 Å². The molecule has 0 fully saturated rings. The van der Waals surface area contributed by atoms with E-state index in [1.54, 1.807) is 0 Å². The van der Waals surface area contributed by atoms with Crippen molar-refractivity contribution in [3.8, 4) is 6.07 Å². The second kappa shape index (κ2) is 3.48. The quantitative estimate of drug-likeness (QED) is 0.801. The molecule has 0 saturated heterocycles. The zero-order valence-electron chi connectivity index (χ0n) is 7.78. The molecule has 0 amide bonds. The van der Waals surface area contributed by atoms with E-state index in [0.717, 1.165) is 29.7 Å². The Bertz CT molecular complexity index is 539. The van der Waals surface area contributed by atoms with Crippen LogP contribution >= 0.6 is 11.3 Å². The van der Waals surface area contributed by atoms with E-state index >= 15 is 0 Å². The monoisotopic (exact) mass is 243 g/mol. The largest absolute Gasteiger partial charge is 0.297 e. The molecule has 0 radical (unpaired) electrons. The van der Waals surface area contributed by atoms with E-state index in [4.69, 9.17) is 10.4 Å². The summed E-state index contributed by atoms with van der Waals surface area (Å²) < 4.78 is 23.9. The fraction of sp³-hybridized carbons (Fsp3) is 0.375. The second-order valence-electron chi connectivity index (χ2n) is 3.32. The van der Waals surface area contributed by atoms with Gasteiger partial charge in [0.15, 0.2) is 0 Å². The minimum atomic E-state index is -3.79. The standard InChI is InChI=1S/C8H9N3O2S2/c9-4-6-5-2-1-3-7(5)14-8(6)11-15(10,12)13/h11H,1-3H2,(H2,10,12,13). The summed E-state index contributed by atoms with van der Waals surface area (Å²) in [4.78, 5) is 1.10. The minimum absolute atomic E-state index is 0.352. The third-order valence-electron chi connectivity index (χ3n) is 2.27. The van der Waals surface area contributed by atoms with Crippen LogP contribution in [-0.4, -0.2) is 8.42 Å². The van der Waals surface area contributed by atoms with Crippen molar-refractivity contribution >= 4 is 26.5 Å². The molecule has 1 aliphatic rings. The van der Waals surface area contributed by atoms with Gasteiger partial charge in [0.25, 0.3) is 10.2 Å². The fourth-order valence-electron chi connectivity index (χ4n) is 1.72. The summed E-state index contributed by atoms with van der Waals surface area (Å²) in [5.74, 6) is 0. The van der Waals surface area contributed by atoms with E-state index in [1.807, 2.05) is 6.07 Å². The third kappa shape index (κ3) is 1.97. The van der Waals surface area contributed by atoms with Crippen LogP contribution in [0.2, 0.25) is 0 Å². The lowest BCUT2D eigenvalue weighted by atomic mass is 10.1. The zero-order valence-corrected chi connectivity index (χ0v) is 9.41. The van der Waals surface area contributed by atoms with Gasteiger partial charge >= 0.3 is 0 Å². The SMILES string of the molecule is N#Cc1c(NS(N)(=O)=O)sc2c1CCC2. The lowest BCUT2D eigenvalue weighted by Gasteiger charge is -2.00. The predicted octanol–water partition coefficient (Wildman–Crippen LogP) is 0.724. The van der Waals surface area contributed by atoms with Gasteiger partial charge in [0.2, 0.25) is 0 Å². The lowest BCUT2D eigenvalue weighted by molar-refractivity contribution is 0.603. The Morgan fingerprint density at radius 3 is 2.80 bits per heavy atom. The second-order valence-corrected chi connectivity index (χ2v) is 5.72. The molecule has 5 nitrogen and oxygen atoms in total. The third-order valence-corrected chi connectivity index (χ3v) is 4.09. The molecule has 0 bridgehead atoms. The number of fused-ring (bicyclic) bond motifs is 1. The molecule has 0 aliphatic heterocycles. The van der Waals surface area contributed by atoms with Gasteiger partial charge in [-0.2, -0.15) is 13.7 Å². The van der Waals surface area contributed by atoms with Crippen LogP contribution < -0.4 is 9.86 Å². The Morgan fingerprint density at radius 1 is 1.47 bits per heavy atom. The first kappa shape index (κ1) is 10.4. The number of rotatable bonds is 2. The Labute approximate surface area is 91.7 Å². The van der Waals surface area contributed by atoms with Gasteiger partial charge in [-0.1, -0.05) is 0 Å². The van der Waals surface area contributed by atoms with E-state index in [-0.39, 0.29) is 0 Å². The average Bonchev–Trinajstić information content (AvgIpc) is 2.60. The van der Waals surface area contributed by atoms with Crippen molar-refractivity contribution < 1.29 is 8.42 Å². The van der Waals surface area contributed by atoms with E-state index in [9.17, 15) is 8.42 Å². The highest BCUT2D eigenvalue weighted by molar-refractivity contribution is 7.90. The van der Waals surface area contributed by atoms with Crippen molar-refractivity contribution in [2.24, 2.45) is 5.14 Å². The molecular weight excluding hydrogens is 234 g/mol. The van der Waals surface area contributed by atoms with Gasteiger partial charge < -0.3 is 0 Å². The first-order valence-corrected chi connectivity index (χ1v) is 6.72. The number of hydrogen-bond acceptors (Lipinski definition) is 4. The predicted molar refractivity (Wildman–Crippen MR) is 57.8 cm³/mol. The van der Waals surface area contributed by atoms with Crippen LogP contribution in [0, 0.1) is 11.3 Å². The van der Waals surface area contributed by atoms with Crippen LogP contribution in [0.1, 0.15) is 22.4 Å². The summed E-state index contributed by atoms with van der Waals surface area (Å²) in [6, 6.07) is 2.03. The summed E-state index contributed by atoms with van der Waals surface area (Å²) in [6.07, 6.45) is 2.80. The van der Waals surface area contributed by atoms with Crippen molar-refractivity contribution in [1.29, 1.82) is 5.26 Å². The van der Waals surface area contributed by atoms with Crippen LogP contribution in [0.4, 0.5) is 5.00 Å². The van der Waals surface area contributed by atoms with Crippen LogP contribution in [0.3, 0.4) is 0 Å². The summed E-state index contributed by atoms with van der Waals surface area (Å²) in [5, 5.41) is 14.2. The van der Waals surface area contributed by atoms with Gasteiger partial charge in [-0.05, 0) is 24.8 Å². The number of nitrogens with two attached hydrogens (primary N) is 1. The van der Waals surface area contributed by atoms with Crippen molar-refractivity contribution in [1.82, 2.24) is 0 Å². The Kier molecular flexibility index (Phi) is 2.42. The molecule has 0 spiro atoms. The first-order chi connectivity index (χ1) is 7.01.